The van der Waals surface area contributed by atoms with Crippen molar-refractivity contribution in [1.29, 1.82) is 0 Å². The molecule has 0 fully saturated rings. The zero-order valence-corrected chi connectivity index (χ0v) is 12.1. The lowest BCUT2D eigenvalue weighted by Crippen LogP contribution is -2.13. The SMILES string of the molecule is O=[N+]([O-])c1cc([N+](=O)[O-])c(Nc2c(F)cc(F)cc2F)c(C(F)(F)F)c1. The van der Waals surface area contributed by atoms with Gasteiger partial charge in [-0.2, -0.15) is 13.2 Å². The number of nitrogens with zero attached hydrogens (tertiary/aromatic N) is 2. The molecule has 0 aliphatic heterocycles. The highest BCUT2D eigenvalue weighted by atomic mass is 19.4. The molecular weight excluding hydrogens is 376 g/mol. The molecule has 0 unspecified atom stereocenters. The molecule has 13 heteroatoms. The van der Waals surface area contributed by atoms with E-state index in [-0.39, 0.29) is 24.3 Å². The molecule has 2 rings (SSSR count). The van der Waals surface area contributed by atoms with Crippen LogP contribution in [0, 0.1) is 37.7 Å². The van der Waals surface area contributed by atoms with Crippen LogP contribution in [0.1, 0.15) is 5.56 Å². The van der Waals surface area contributed by atoms with Crippen molar-refractivity contribution in [1.82, 2.24) is 0 Å². The number of hydrogen-bond acceptors (Lipinski definition) is 5. The van der Waals surface area contributed by atoms with Crippen molar-refractivity contribution in [2.24, 2.45) is 0 Å². The highest BCUT2D eigenvalue weighted by Gasteiger charge is 2.40. The van der Waals surface area contributed by atoms with E-state index in [2.05, 4.69) is 0 Å². The molecule has 0 spiro atoms. The number of hydrogen-bond donors (Lipinski definition) is 1. The van der Waals surface area contributed by atoms with Crippen molar-refractivity contribution in [3.05, 3.63) is 67.5 Å². The van der Waals surface area contributed by atoms with Crippen LogP contribution in [0.3, 0.4) is 0 Å². The Hall–Kier alpha value is -3.38. The lowest BCUT2D eigenvalue weighted by Gasteiger charge is -2.15. The highest BCUT2D eigenvalue weighted by molar-refractivity contribution is 5.76. The average molecular weight is 381 g/mol. The van der Waals surface area contributed by atoms with Gasteiger partial charge in [0.2, 0.25) is 0 Å². The Kier molecular flexibility index (Phi) is 4.73. The smallest absolute Gasteiger partial charge is 0.345 e. The van der Waals surface area contributed by atoms with Crippen molar-refractivity contribution in [2.75, 3.05) is 5.32 Å². The molecule has 138 valence electrons. The van der Waals surface area contributed by atoms with E-state index in [0.29, 0.717) is 0 Å². The van der Waals surface area contributed by atoms with Gasteiger partial charge in [0.15, 0.2) is 11.6 Å². The molecule has 0 atom stereocenters. The van der Waals surface area contributed by atoms with Crippen LogP contribution in [0.25, 0.3) is 0 Å². The number of alkyl halides is 3. The van der Waals surface area contributed by atoms with E-state index < -0.39 is 61.8 Å². The van der Waals surface area contributed by atoms with E-state index in [9.17, 15) is 46.6 Å². The van der Waals surface area contributed by atoms with Gasteiger partial charge in [-0.05, 0) is 0 Å². The van der Waals surface area contributed by atoms with Crippen LogP contribution in [0.4, 0.5) is 49.1 Å². The Labute approximate surface area is 139 Å². The van der Waals surface area contributed by atoms with Gasteiger partial charge in [-0.3, -0.25) is 20.2 Å². The predicted molar refractivity (Wildman–Crippen MR) is 74.4 cm³/mol. The molecule has 0 heterocycles. The predicted octanol–water partition coefficient (Wildman–Crippen LogP) is 4.68. The third-order valence-electron chi connectivity index (χ3n) is 3.07. The second-order valence-electron chi connectivity index (χ2n) is 4.77. The summed E-state index contributed by atoms with van der Waals surface area (Å²) in [6, 6.07) is 0.428. The zero-order chi connectivity index (χ0) is 19.8. The van der Waals surface area contributed by atoms with Gasteiger partial charge in [0.25, 0.3) is 11.4 Å². The van der Waals surface area contributed by atoms with E-state index in [1.165, 1.54) is 0 Å². The van der Waals surface area contributed by atoms with Gasteiger partial charge in [-0.1, -0.05) is 0 Å². The zero-order valence-electron chi connectivity index (χ0n) is 12.1. The van der Waals surface area contributed by atoms with Crippen LogP contribution in [0.5, 0.6) is 0 Å². The van der Waals surface area contributed by atoms with Crippen molar-refractivity contribution in [3.63, 3.8) is 0 Å². The monoisotopic (exact) mass is 381 g/mol. The largest absolute Gasteiger partial charge is 0.418 e. The van der Waals surface area contributed by atoms with Crippen LogP contribution in [-0.2, 0) is 6.18 Å². The molecule has 0 aromatic heterocycles. The fraction of sp³-hybridized carbons (Fsp3) is 0.0769. The quantitative estimate of drug-likeness (QED) is 0.471. The Balaban J connectivity index is 2.78. The summed E-state index contributed by atoms with van der Waals surface area (Å²) in [5.74, 6) is -4.70. The minimum atomic E-state index is -5.34. The molecule has 0 saturated heterocycles. The summed E-state index contributed by atoms with van der Waals surface area (Å²) in [6.45, 7) is 0. The number of rotatable bonds is 4. The molecule has 0 amide bonds. The van der Waals surface area contributed by atoms with E-state index in [1.807, 2.05) is 0 Å². The summed E-state index contributed by atoms with van der Waals surface area (Å²) in [5.41, 5.74) is -7.34. The average Bonchev–Trinajstić information content (AvgIpc) is 2.48. The molecule has 26 heavy (non-hydrogen) atoms. The number of benzene rings is 2. The molecule has 0 bridgehead atoms. The van der Waals surface area contributed by atoms with Gasteiger partial charge in [-0.25, -0.2) is 13.2 Å². The molecule has 0 radical (unpaired) electrons. The second-order valence-corrected chi connectivity index (χ2v) is 4.77. The Morgan fingerprint density at radius 3 is 1.81 bits per heavy atom. The third-order valence-corrected chi connectivity index (χ3v) is 3.07. The van der Waals surface area contributed by atoms with Gasteiger partial charge >= 0.3 is 6.18 Å². The molecule has 1 N–H and O–H groups in total. The molecular formula is C13H5F6N3O4. The number of nitro groups is 2. The Morgan fingerprint density at radius 1 is 0.846 bits per heavy atom. The number of anilines is 2. The maximum absolute atomic E-state index is 13.7. The van der Waals surface area contributed by atoms with Gasteiger partial charge in [0.1, 0.15) is 17.2 Å². The van der Waals surface area contributed by atoms with Crippen molar-refractivity contribution < 1.29 is 36.2 Å². The normalized spacial score (nSPS) is 11.3. The third kappa shape index (κ3) is 3.65. The van der Waals surface area contributed by atoms with Crippen molar-refractivity contribution in [2.45, 2.75) is 6.18 Å². The fourth-order valence-electron chi connectivity index (χ4n) is 2.00. The summed E-state index contributed by atoms with van der Waals surface area (Å²) in [5, 5.41) is 23.3. The summed E-state index contributed by atoms with van der Waals surface area (Å²) in [7, 11) is 0. The first kappa shape index (κ1) is 19.0. The van der Waals surface area contributed by atoms with E-state index in [4.69, 9.17) is 0 Å². The summed E-state index contributed by atoms with van der Waals surface area (Å²) < 4.78 is 79.7. The first-order valence-corrected chi connectivity index (χ1v) is 6.37. The fourth-order valence-corrected chi connectivity index (χ4v) is 2.00. The van der Waals surface area contributed by atoms with Gasteiger partial charge < -0.3 is 5.32 Å². The summed E-state index contributed by atoms with van der Waals surface area (Å²) in [6.07, 6.45) is -5.34. The summed E-state index contributed by atoms with van der Waals surface area (Å²) >= 11 is 0. The second kappa shape index (κ2) is 6.50. The maximum Gasteiger partial charge on any atom is 0.418 e. The minimum Gasteiger partial charge on any atom is -0.345 e. The van der Waals surface area contributed by atoms with Gasteiger partial charge in [0.05, 0.1) is 21.5 Å². The molecule has 2 aromatic carbocycles. The summed E-state index contributed by atoms with van der Waals surface area (Å²) in [4.78, 5) is 19.0. The number of non-ortho nitro benzene ring substituents is 1. The van der Waals surface area contributed by atoms with Crippen LogP contribution < -0.4 is 5.32 Å². The minimum absolute atomic E-state index is 0.0331. The highest BCUT2D eigenvalue weighted by Crippen LogP contribution is 2.44. The van der Waals surface area contributed by atoms with Gasteiger partial charge in [0, 0.05) is 18.2 Å². The van der Waals surface area contributed by atoms with E-state index >= 15 is 0 Å². The van der Waals surface area contributed by atoms with E-state index in [0.717, 1.165) is 0 Å². The van der Waals surface area contributed by atoms with Crippen LogP contribution >= 0.6 is 0 Å². The molecule has 0 saturated carbocycles. The first-order valence-electron chi connectivity index (χ1n) is 6.37. The molecule has 0 aliphatic carbocycles. The van der Waals surface area contributed by atoms with Crippen LogP contribution in [0.15, 0.2) is 24.3 Å². The molecule has 7 nitrogen and oxygen atoms in total. The molecule has 0 aliphatic rings. The Bertz CT molecular complexity index is 892. The van der Waals surface area contributed by atoms with Crippen molar-refractivity contribution in [3.8, 4) is 0 Å². The lowest BCUT2D eigenvalue weighted by atomic mass is 10.1. The number of nitrogens with one attached hydrogen (secondary N) is 1. The topological polar surface area (TPSA) is 98.3 Å². The number of nitro benzene ring substituents is 2. The lowest BCUT2D eigenvalue weighted by molar-refractivity contribution is -0.394. The van der Waals surface area contributed by atoms with Crippen molar-refractivity contribution >= 4 is 22.7 Å². The van der Waals surface area contributed by atoms with E-state index in [1.54, 1.807) is 5.32 Å². The first-order chi connectivity index (χ1) is 11.9. The van der Waals surface area contributed by atoms with Crippen LogP contribution in [-0.4, -0.2) is 9.85 Å². The molecule has 2 aromatic rings. The maximum atomic E-state index is 13.7. The van der Waals surface area contributed by atoms with Crippen LogP contribution in [0.2, 0.25) is 0 Å². The Morgan fingerprint density at radius 2 is 1.38 bits per heavy atom. The standard InChI is InChI=1S/C13H5F6N3O4/c14-5-1-8(15)12(9(16)2-5)20-11-7(13(17,18)19)3-6(21(23)24)4-10(11)22(25)26/h1-4,20H. The van der Waals surface area contributed by atoms with Gasteiger partial charge in [-0.15, -0.1) is 0 Å². The number of halogens is 6.